The molecule has 3 heteroatoms. The van der Waals surface area contributed by atoms with E-state index >= 15 is 0 Å². The van der Waals surface area contributed by atoms with E-state index in [1.54, 1.807) is 7.11 Å². The number of fused-ring (bicyclic) bond motifs is 1. The third kappa shape index (κ3) is 4.20. The molecule has 0 fully saturated rings. The fourth-order valence-electron chi connectivity index (χ4n) is 1.47. The normalized spacial score (nSPS) is 10.0. The van der Waals surface area contributed by atoms with Crippen LogP contribution in [0.3, 0.4) is 0 Å². The molecule has 0 aromatic heterocycles. The minimum absolute atomic E-state index is 0.966. The van der Waals surface area contributed by atoms with Crippen LogP contribution in [0.2, 0.25) is 0 Å². The zero-order valence-corrected chi connectivity index (χ0v) is 14.2. The van der Waals surface area contributed by atoms with Gasteiger partial charge in [0, 0.05) is 0 Å². The van der Waals surface area contributed by atoms with Crippen LogP contribution >= 0.6 is 0 Å². The van der Waals surface area contributed by atoms with E-state index in [0.717, 1.165) is 28.3 Å². The van der Waals surface area contributed by atoms with Gasteiger partial charge >= 0.3 is 90.9 Å². The van der Waals surface area contributed by atoms with E-state index in [1.165, 1.54) is 14.4 Å². The second kappa shape index (κ2) is 6.86. The molecule has 0 atom stereocenters. The maximum absolute atomic E-state index is 5.30. The first-order valence-corrected chi connectivity index (χ1v) is 7.13. The van der Waals surface area contributed by atoms with Crippen molar-refractivity contribution < 1.29 is 4.74 Å². The molecule has 90 valence electrons. The molecule has 0 aliphatic rings. The summed E-state index contributed by atoms with van der Waals surface area (Å²) in [5, 5.41) is 2.54. The molecule has 0 aliphatic carbocycles. The van der Waals surface area contributed by atoms with Gasteiger partial charge in [0.05, 0.1) is 0 Å². The van der Waals surface area contributed by atoms with Crippen LogP contribution in [0.25, 0.3) is 10.8 Å². The summed E-state index contributed by atoms with van der Waals surface area (Å²) in [7, 11) is 7.72. The Morgan fingerprint density at radius 2 is 1.47 bits per heavy atom. The second-order valence-electron chi connectivity index (χ2n) is 4.24. The molecule has 0 saturated carbocycles. The number of nitrogens with zero attached hydrogens (tertiary/aromatic N) is 1. The van der Waals surface area contributed by atoms with E-state index < -0.39 is 0 Å². The number of ether oxygens (including phenoxy) is 1. The average Bonchev–Trinajstić information content (AvgIpc) is 2.29. The van der Waals surface area contributed by atoms with Crippen molar-refractivity contribution in [1.29, 1.82) is 0 Å². The van der Waals surface area contributed by atoms with Gasteiger partial charge in [-0.3, -0.25) is 0 Å². The summed E-state index contributed by atoms with van der Waals surface area (Å²) in [6.07, 6.45) is 0. The molecule has 2 nitrogen and oxygen atoms in total. The van der Waals surface area contributed by atoms with Gasteiger partial charge in [-0.05, 0) is 21.1 Å². The second-order valence-corrected chi connectivity index (χ2v) is 6.02. The SMILES string of the molecule is CN(C)C.COc1cc[c]([SnH])c2ccccc12. The number of benzene rings is 2. The van der Waals surface area contributed by atoms with E-state index in [2.05, 4.69) is 24.3 Å². The van der Waals surface area contributed by atoms with E-state index in [-0.39, 0.29) is 0 Å². The fraction of sp³-hybridized carbons (Fsp3) is 0.286. The maximum atomic E-state index is 5.30. The van der Waals surface area contributed by atoms with Crippen LogP contribution in [0.4, 0.5) is 0 Å². The van der Waals surface area contributed by atoms with Gasteiger partial charge in [0.15, 0.2) is 0 Å². The fourth-order valence-corrected chi connectivity index (χ4v) is 2.47. The Bertz CT molecular complexity index is 480. The van der Waals surface area contributed by atoms with Crippen LogP contribution in [0.5, 0.6) is 5.75 Å². The number of hydrogen-bond acceptors (Lipinski definition) is 2. The van der Waals surface area contributed by atoms with Gasteiger partial charge in [0.1, 0.15) is 0 Å². The first-order chi connectivity index (χ1) is 8.06. The number of methoxy groups -OCH3 is 1. The van der Waals surface area contributed by atoms with E-state index in [4.69, 9.17) is 4.74 Å². The van der Waals surface area contributed by atoms with E-state index in [9.17, 15) is 0 Å². The molecular formula is C14H19NOSn. The summed E-state index contributed by atoms with van der Waals surface area (Å²) in [4.78, 5) is 2.00. The van der Waals surface area contributed by atoms with E-state index in [1.807, 2.05) is 38.2 Å². The van der Waals surface area contributed by atoms with E-state index in [0.29, 0.717) is 0 Å². The van der Waals surface area contributed by atoms with Crippen molar-refractivity contribution in [2.24, 2.45) is 0 Å². The molecule has 2 rings (SSSR count). The Labute approximate surface area is 117 Å². The van der Waals surface area contributed by atoms with Crippen LogP contribution in [0.1, 0.15) is 0 Å². The van der Waals surface area contributed by atoms with Crippen molar-refractivity contribution in [3.8, 4) is 5.75 Å². The molecule has 0 aliphatic heterocycles. The molecule has 0 N–H and O–H groups in total. The Balaban J connectivity index is 0.000000317. The van der Waals surface area contributed by atoms with Crippen molar-refractivity contribution in [1.82, 2.24) is 4.90 Å². The Morgan fingerprint density at radius 1 is 0.941 bits per heavy atom. The van der Waals surface area contributed by atoms with Crippen molar-refractivity contribution in [3.63, 3.8) is 0 Å². The van der Waals surface area contributed by atoms with Gasteiger partial charge in [-0.25, -0.2) is 0 Å². The average molecular weight is 336 g/mol. The molecule has 0 unspecified atom stereocenters. The molecule has 17 heavy (non-hydrogen) atoms. The van der Waals surface area contributed by atoms with Crippen molar-refractivity contribution >= 4 is 36.9 Å². The molecule has 0 bridgehead atoms. The predicted molar refractivity (Wildman–Crippen MR) is 76.9 cm³/mol. The monoisotopic (exact) mass is 337 g/mol. The Morgan fingerprint density at radius 3 is 2.00 bits per heavy atom. The van der Waals surface area contributed by atoms with Gasteiger partial charge in [0.2, 0.25) is 0 Å². The summed E-state index contributed by atoms with van der Waals surface area (Å²) in [6, 6.07) is 12.6. The van der Waals surface area contributed by atoms with Crippen molar-refractivity contribution in [2.75, 3.05) is 28.3 Å². The minimum atomic E-state index is 0.966. The zero-order valence-electron chi connectivity index (χ0n) is 10.9. The van der Waals surface area contributed by atoms with Crippen LogP contribution in [-0.2, 0) is 0 Å². The summed E-state index contributed by atoms with van der Waals surface area (Å²) in [5.74, 6) is 0.966. The third-order valence-corrected chi connectivity index (χ3v) is 3.57. The quantitative estimate of drug-likeness (QED) is 0.733. The molecule has 0 amide bonds. The summed E-state index contributed by atoms with van der Waals surface area (Å²) in [5.41, 5.74) is 0. The molecule has 0 saturated heterocycles. The summed E-state index contributed by atoms with van der Waals surface area (Å²) < 4.78 is 6.72. The molecule has 0 heterocycles. The molecule has 2 aromatic carbocycles. The molecule has 2 aromatic rings. The first-order valence-electron chi connectivity index (χ1n) is 5.48. The third-order valence-electron chi connectivity index (χ3n) is 2.14. The van der Waals surface area contributed by atoms with Crippen LogP contribution in [0.15, 0.2) is 36.4 Å². The number of hydrogen-bond donors (Lipinski definition) is 0. The zero-order chi connectivity index (χ0) is 12.8. The van der Waals surface area contributed by atoms with Gasteiger partial charge in [-0.2, -0.15) is 0 Å². The first kappa shape index (κ1) is 14.3. The number of rotatable bonds is 1. The Kier molecular flexibility index (Phi) is 5.78. The van der Waals surface area contributed by atoms with Crippen LogP contribution < -0.4 is 8.32 Å². The van der Waals surface area contributed by atoms with Crippen LogP contribution in [0, 0.1) is 0 Å². The van der Waals surface area contributed by atoms with Crippen molar-refractivity contribution in [3.05, 3.63) is 36.4 Å². The topological polar surface area (TPSA) is 12.5 Å². The Hall–Kier alpha value is -0.741. The molecule has 2 radical (unpaired) electrons. The standard InChI is InChI=1S/C11H9O.C3H9N.Sn.H/c1-12-11-8-4-6-9-5-2-3-7-10(9)11;1-4(2)3;;/h2-5,7-8H,1H3;1-3H3;;. The summed E-state index contributed by atoms with van der Waals surface area (Å²) in [6.45, 7) is 0. The van der Waals surface area contributed by atoms with Gasteiger partial charge in [0.25, 0.3) is 0 Å². The summed E-state index contributed by atoms with van der Waals surface area (Å²) >= 11 is 1.15. The van der Waals surface area contributed by atoms with Gasteiger partial charge in [-0.1, -0.05) is 0 Å². The van der Waals surface area contributed by atoms with Gasteiger partial charge in [-0.15, -0.1) is 0 Å². The van der Waals surface area contributed by atoms with Gasteiger partial charge < -0.3 is 4.90 Å². The molecule has 0 spiro atoms. The van der Waals surface area contributed by atoms with Crippen molar-refractivity contribution in [2.45, 2.75) is 0 Å². The predicted octanol–water partition coefficient (Wildman–Crippen LogP) is 1.55. The molecular weight excluding hydrogens is 317 g/mol. The van der Waals surface area contributed by atoms with Crippen LogP contribution in [-0.4, -0.2) is 55.7 Å².